The lowest BCUT2D eigenvalue weighted by atomic mass is 9.86. The number of nitrogens with zero attached hydrogens (tertiary/aromatic N) is 3. The smallest absolute Gasteiger partial charge is 0.398 e. The molecule has 134 valence electrons. The molecule has 26 heavy (non-hydrogen) atoms. The Kier molecular flexibility index (Phi) is 4.74. The fraction of sp³-hybridized carbons (Fsp3) is 0.368. The van der Waals surface area contributed by atoms with Crippen LogP contribution in [0.25, 0.3) is 17.3 Å². The van der Waals surface area contributed by atoms with Gasteiger partial charge in [0.1, 0.15) is 12.3 Å². The van der Waals surface area contributed by atoms with Crippen LogP contribution in [0.5, 0.6) is 0 Å². The number of halogens is 1. The van der Waals surface area contributed by atoms with E-state index in [1.807, 2.05) is 64.1 Å². The molecule has 0 N–H and O–H groups in total. The third-order valence-corrected chi connectivity index (χ3v) is 4.84. The van der Waals surface area contributed by atoms with Gasteiger partial charge in [0, 0.05) is 17.3 Å². The molecule has 1 aromatic heterocycles. The van der Waals surface area contributed by atoms with Crippen molar-refractivity contribution in [2.24, 2.45) is 0 Å². The van der Waals surface area contributed by atoms with Crippen LogP contribution in [-0.4, -0.2) is 28.1 Å². The van der Waals surface area contributed by atoms with E-state index in [-0.39, 0.29) is 6.54 Å². The molecule has 0 unspecified atom stereocenters. The van der Waals surface area contributed by atoms with Gasteiger partial charge < -0.3 is 9.31 Å². The molecule has 0 saturated carbocycles. The van der Waals surface area contributed by atoms with E-state index in [2.05, 4.69) is 5.10 Å². The van der Waals surface area contributed by atoms with Crippen LogP contribution in [0.4, 0.5) is 4.39 Å². The summed E-state index contributed by atoms with van der Waals surface area (Å²) in [5.74, 6) is 0. The van der Waals surface area contributed by atoms with Crippen LogP contribution in [0.15, 0.2) is 42.3 Å². The Balaban J connectivity index is 1.96. The number of nitriles is 1. The van der Waals surface area contributed by atoms with Gasteiger partial charge in [0.25, 0.3) is 0 Å². The zero-order valence-corrected chi connectivity index (χ0v) is 15.4. The van der Waals surface area contributed by atoms with Crippen LogP contribution in [0.1, 0.15) is 33.3 Å². The van der Waals surface area contributed by atoms with Gasteiger partial charge in [-0.05, 0) is 33.8 Å². The van der Waals surface area contributed by atoms with Crippen molar-refractivity contribution in [3.05, 3.63) is 47.8 Å². The van der Waals surface area contributed by atoms with Gasteiger partial charge in [-0.15, -0.1) is 0 Å². The molecule has 0 aliphatic carbocycles. The lowest BCUT2D eigenvalue weighted by molar-refractivity contribution is 0.00578. The number of aromatic nitrogens is 2. The summed E-state index contributed by atoms with van der Waals surface area (Å²) in [7, 11) is -1.07. The van der Waals surface area contributed by atoms with Crippen molar-refractivity contribution in [2.75, 3.05) is 0 Å². The minimum Gasteiger partial charge on any atom is -0.398 e. The van der Waals surface area contributed by atoms with E-state index in [1.165, 1.54) is 10.8 Å². The van der Waals surface area contributed by atoms with E-state index in [1.54, 1.807) is 6.20 Å². The molecule has 1 aliphatic heterocycles. The van der Waals surface area contributed by atoms with E-state index < -0.39 is 24.0 Å². The summed E-state index contributed by atoms with van der Waals surface area (Å²) >= 11 is 0. The standard InChI is InChI=1S/C19H21BFN3O2/c1-18(2)19(3,4)26-20(25-18)16(21)12-15-13-24(11-10-22)23-17(15)14-8-6-5-7-9-14/h5-9,12-13H,11H2,1-4H3. The fourth-order valence-corrected chi connectivity index (χ4v) is 2.69. The molecule has 0 atom stereocenters. The van der Waals surface area contributed by atoms with Crippen LogP contribution in [-0.2, 0) is 15.9 Å². The Morgan fingerprint density at radius 1 is 1.23 bits per heavy atom. The maximum absolute atomic E-state index is 14.9. The second-order valence-electron chi connectivity index (χ2n) is 7.27. The third kappa shape index (κ3) is 3.43. The second-order valence-corrected chi connectivity index (χ2v) is 7.27. The normalized spacial score (nSPS) is 18.8. The highest BCUT2D eigenvalue weighted by atomic mass is 19.1. The second kappa shape index (κ2) is 6.71. The molecule has 0 bridgehead atoms. The zero-order chi connectivity index (χ0) is 18.9. The first-order valence-corrected chi connectivity index (χ1v) is 8.46. The average molecular weight is 353 g/mol. The number of hydrogen-bond acceptors (Lipinski definition) is 4. The van der Waals surface area contributed by atoms with Gasteiger partial charge in [-0.3, -0.25) is 4.68 Å². The zero-order valence-electron chi connectivity index (χ0n) is 15.4. The highest BCUT2D eigenvalue weighted by molar-refractivity contribution is 6.54. The Morgan fingerprint density at radius 2 is 1.85 bits per heavy atom. The van der Waals surface area contributed by atoms with Crippen molar-refractivity contribution in [1.82, 2.24) is 9.78 Å². The molecular formula is C19H21BFN3O2. The number of benzene rings is 1. The number of rotatable bonds is 4. The first-order chi connectivity index (χ1) is 12.2. The Labute approximate surface area is 153 Å². The molecule has 2 heterocycles. The van der Waals surface area contributed by atoms with E-state index in [0.29, 0.717) is 11.3 Å². The summed E-state index contributed by atoms with van der Waals surface area (Å²) in [6.07, 6.45) is 3.02. The Bertz CT molecular complexity index is 853. The molecule has 1 aromatic carbocycles. The molecule has 7 heteroatoms. The summed E-state index contributed by atoms with van der Waals surface area (Å²) in [6, 6.07) is 11.5. The van der Waals surface area contributed by atoms with Crippen LogP contribution in [0.3, 0.4) is 0 Å². The van der Waals surface area contributed by atoms with Crippen LogP contribution in [0, 0.1) is 11.3 Å². The minimum absolute atomic E-state index is 0.0891. The first-order valence-electron chi connectivity index (χ1n) is 8.46. The Morgan fingerprint density at radius 3 is 2.42 bits per heavy atom. The third-order valence-electron chi connectivity index (χ3n) is 4.84. The minimum atomic E-state index is -1.07. The van der Waals surface area contributed by atoms with E-state index in [0.717, 1.165) is 5.56 Å². The lowest BCUT2D eigenvalue weighted by Gasteiger charge is -2.32. The van der Waals surface area contributed by atoms with Crippen LogP contribution >= 0.6 is 0 Å². The first kappa shape index (κ1) is 18.4. The van der Waals surface area contributed by atoms with Crippen molar-refractivity contribution in [3.63, 3.8) is 0 Å². The maximum Gasteiger partial charge on any atom is 0.525 e. The van der Waals surface area contributed by atoms with Crippen LogP contribution in [0.2, 0.25) is 0 Å². The summed E-state index contributed by atoms with van der Waals surface area (Å²) in [5.41, 5.74) is 0.257. The predicted molar refractivity (Wildman–Crippen MR) is 98.4 cm³/mol. The van der Waals surface area contributed by atoms with Crippen molar-refractivity contribution in [1.29, 1.82) is 5.26 Å². The molecule has 0 radical (unpaired) electrons. The Hall–Kier alpha value is -2.43. The SMILES string of the molecule is CC1(C)OB(C(F)=Cc2cn(CC#N)nc2-c2ccccc2)OC1(C)C. The van der Waals surface area contributed by atoms with Gasteiger partial charge in [-0.25, -0.2) is 4.39 Å². The lowest BCUT2D eigenvalue weighted by Crippen LogP contribution is -2.41. The van der Waals surface area contributed by atoms with E-state index in [4.69, 9.17) is 14.6 Å². The van der Waals surface area contributed by atoms with Gasteiger partial charge in [0.15, 0.2) is 0 Å². The molecule has 2 aromatic rings. The van der Waals surface area contributed by atoms with Gasteiger partial charge >= 0.3 is 7.12 Å². The molecule has 1 saturated heterocycles. The average Bonchev–Trinajstić information content (AvgIpc) is 3.06. The van der Waals surface area contributed by atoms with Crippen molar-refractivity contribution < 1.29 is 13.7 Å². The highest BCUT2D eigenvalue weighted by Crippen LogP contribution is 2.39. The van der Waals surface area contributed by atoms with Crippen LogP contribution < -0.4 is 0 Å². The molecule has 1 aliphatic rings. The maximum atomic E-state index is 14.9. The van der Waals surface area contributed by atoms with Gasteiger partial charge in [-0.2, -0.15) is 10.4 Å². The molecule has 3 rings (SSSR count). The summed E-state index contributed by atoms with van der Waals surface area (Å²) in [4.78, 5) is 0. The fourth-order valence-electron chi connectivity index (χ4n) is 2.69. The monoisotopic (exact) mass is 353 g/mol. The molecule has 1 fully saturated rings. The van der Waals surface area contributed by atoms with Gasteiger partial charge in [0.2, 0.25) is 0 Å². The van der Waals surface area contributed by atoms with Crippen molar-refractivity contribution in [3.8, 4) is 17.3 Å². The largest absolute Gasteiger partial charge is 0.525 e. The molecule has 0 amide bonds. The van der Waals surface area contributed by atoms with E-state index >= 15 is 0 Å². The van der Waals surface area contributed by atoms with Crippen molar-refractivity contribution >= 4 is 13.2 Å². The molecular weight excluding hydrogens is 332 g/mol. The molecule has 0 spiro atoms. The predicted octanol–water partition coefficient (Wildman–Crippen LogP) is 4.02. The highest BCUT2D eigenvalue weighted by Gasteiger charge is 2.53. The summed E-state index contributed by atoms with van der Waals surface area (Å²) < 4.78 is 27.9. The van der Waals surface area contributed by atoms with Crippen molar-refractivity contribution in [2.45, 2.75) is 45.4 Å². The summed E-state index contributed by atoms with van der Waals surface area (Å²) in [5, 5.41) is 13.3. The number of hydrogen-bond donors (Lipinski definition) is 0. The quantitative estimate of drug-likeness (QED) is 0.779. The van der Waals surface area contributed by atoms with Gasteiger partial charge in [-0.1, -0.05) is 30.3 Å². The van der Waals surface area contributed by atoms with Gasteiger partial charge in [0.05, 0.1) is 23.0 Å². The van der Waals surface area contributed by atoms with E-state index in [9.17, 15) is 4.39 Å². The summed E-state index contributed by atoms with van der Waals surface area (Å²) in [6.45, 7) is 7.59. The topological polar surface area (TPSA) is 60.1 Å². The molecule has 5 nitrogen and oxygen atoms in total.